The standard InChI is InChI=1S/C14H13F3N2O4/c1-7-10(12(21)23-6-14(15,16)17)11(19-13(22)18-7)8-2-4-9(20)5-3-8/h2-5,10-11,20H,1,6H2,(H2,18,19,22). The molecule has 2 unspecified atom stereocenters. The molecule has 3 N–H and O–H groups in total. The fourth-order valence-corrected chi connectivity index (χ4v) is 2.16. The molecule has 1 aromatic rings. The predicted molar refractivity (Wildman–Crippen MR) is 72.2 cm³/mol. The topological polar surface area (TPSA) is 87.7 Å². The largest absolute Gasteiger partial charge is 0.508 e. The fraction of sp³-hybridized carbons (Fsp3) is 0.286. The highest BCUT2D eigenvalue weighted by Crippen LogP contribution is 2.31. The van der Waals surface area contributed by atoms with Crippen molar-refractivity contribution in [2.75, 3.05) is 6.61 Å². The second kappa shape index (κ2) is 6.19. The highest BCUT2D eigenvalue weighted by atomic mass is 19.4. The molecular formula is C14H13F3N2O4. The Morgan fingerprint density at radius 1 is 1.30 bits per heavy atom. The number of nitrogens with one attached hydrogen (secondary N) is 2. The lowest BCUT2D eigenvalue weighted by atomic mass is 9.89. The zero-order valence-electron chi connectivity index (χ0n) is 11.7. The second-order valence-electron chi connectivity index (χ2n) is 4.89. The van der Waals surface area contributed by atoms with Crippen molar-refractivity contribution in [3.63, 3.8) is 0 Å². The molecule has 0 bridgehead atoms. The van der Waals surface area contributed by atoms with Gasteiger partial charge in [-0.15, -0.1) is 0 Å². The number of phenols is 1. The molecule has 2 amide bonds. The van der Waals surface area contributed by atoms with Gasteiger partial charge in [0.05, 0.1) is 6.04 Å². The molecule has 1 aliphatic heterocycles. The first-order valence-corrected chi connectivity index (χ1v) is 6.46. The van der Waals surface area contributed by atoms with Gasteiger partial charge in [0.25, 0.3) is 0 Å². The van der Waals surface area contributed by atoms with Gasteiger partial charge in [0, 0.05) is 5.70 Å². The highest BCUT2D eigenvalue weighted by Gasteiger charge is 2.40. The quantitative estimate of drug-likeness (QED) is 0.740. The van der Waals surface area contributed by atoms with Crippen LogP contribution in [0.3, 0.4) is 0 Å². The minimum atomic E-state index is -4.66. The molecule has 23 heavy (non-hydrogen) atoms. The number of ether oxygens (including phenoxy) is 1. The lowest BCUT2D eigenvalue weighted by molar-refractivity contribution is -0.189. The first kappa shape index (κ1) is 16.7. The molecule has 6 nitrogen and oxygen atoms in total. The average molecular weight is 330 g/mol. The van der Waals surface area contributed by atoms with Crippen LogP contribution in [-0.4, -0.2) is 29.9 Å². The normalized spacial score (nSPS) is 21.3. The minimum Gasteiger partial charge on any atom is -0.508 e. The summed E-state index contributed by atoms with van der Waals surface area (Å²) in [5, 5.41) is 14.0. The number of alkyl halides is 3. The van der Waals surface area contributed by atoms with E-state index in [0.717, 1.165) is 0 Å². The van der Waals surface area contributed by atoms with E-state index in [4.69, 9.17) is 0 Å². The van der Waals surface area contributed by atoms with Crippen LogP contribution in [0.2, 0.25) is 0 Å². The average Bonchev–Trinajstić information content (AvgIpc) is 2.44. The Morgan fingerprint density at radius 2 is 1.91 bits per heavy atom. The molecule has 0 saturated carbocycles. The molecule has 0 aliphatic carbocycles. The molecule has 0 aromatic heterocycles. The number of carbonyl (C=O) groups excluding carboxylic acids is 2. The zero-order chi connectivity index (χ0) is 17.2. The number of amides is 2. The summed E-state index contributed by atoms with van der Waals surface area (Å²) in [4.78, 5) is 23.5. The van der Waals surface area contributed by atoms with Crippen molar-refractivity contribution in [2.24, 2.45) is 5.92 Å². The molecule has 9 heteroatoms. The van der Waals surface area contributed by atoms with Crippen LogP contribution in [0.4, 0.5) is 18.0 Å². The van der Waals surface area contributed by atoms with Gasteiger partial charge in [-0.05, 0) is 17.7 Å². The van der Waals surface area contributed by atoms with E-state index >= 15 is 0 Å². The number of halogens is 3. The Labute approximate surface area is 128 Å². The molecule has 1 aliphatic rings. The maximum Gasteiger partial charge on any atom is 0.422 e. The van der Waals surface area contributed by atoms with Gasteiger partial charge in [-0.3, -0.25) is 4.79 Å². The zero-order valence-corrected chi connectivity index (χ0v) is 11.7. The Balaban J connectivity index is 2.24. The van der Waals surface area contributed by atoms with Crippen molar-refractivity contribution >= 4 is 12.0 Å². The molecule has 0 spiro atoms. The molecule has 2 rings (SSSR count). The highest BCUT2D eigenvalue weighted by molar-refractivity contribution is 5.85. The van der Waals surface area contributed by atoms with E-state index in [1.807, 2.05) is 0 Å². The number of phenolic OH excluding ortho intramolecular Hbond substituents is 1. The van der Waals surface area contributed by atoms with E-state index in [1.54, 1.807) is 0 Å². The van der Waals surface area contributed by atoms with Gasteiger partial charge in [-0.25, -0.2) is 4.79 Å². The van der Waals surface area contributed by atoms with Crippen LogP contribution in [0, 0.1) is 5.92 Å². The van der Waals surface area contributed by atoms with Crippen LogP contribution < -0.4 is 10.6 Å². The number of carbonyl (C=O) groups is 2. The number of hydrogen-bond acceptors (Lipinski definition) is 4. The lowest BCUT2D eigenvalue weighted by Gasteiger charge is -2.33. The number of hydrogen-bond donors (Lipinski definition) is 3. The summed E-state index contributed by atoms with van der Waals surface area (Å²) >= 11 is 0. The van der Waals surface area contributed by atoms with Crippen molar-refractivity contribution < 1.29 is 32.6 Å². The molecule has 0 radical (unpaired) electrons. The molecule has 1 aromatic carbocycles. The maximum absolute atomic E-state index is 12.2. The van der Waals surface area contributed by atoms with Crippen LogP contribution in [0.1, 0.15) is 11.6 Å². The van der Waals surface area contributed by atoms with E-state index in [-0.39, 0.29) is 11.4 Å². The van der Waals surface area contributed by atoms with Crippen LogP contribution in [0.25, 0.3) is 0 Å². The van der Waals surface area contributed by atoms with Crippen molar-refractivity contribution in [2.45, 2.75) is 12.2 Å². The van der Waals surface area contributed by atoms with Gasteiger partial charge in [-0.2, -0.15) is 13.2 Å². The van der Waals surface area contributed by atoms with E-state index in [2.05, 4.69) is 21.9 Å². The first-order valence-electron chi connectivity index (χ1n) is 6.46. The summed E-state index contributed by atoms with van der Waals surface area (Å²) in [6, 6.07) is 3.91. The van der Waals surface area contributed by atoms with E-state index in [9.17, 15) is 27.9 Å². The number of aromatic hydroxyl groups is 1. The van der Waals surface area contributed by atoms with Crippen molar-refractivity contribution in [1.82, 2.24) is 10.6 Å². The third-order valence-corrected chi connectivity index (χ3v) is 3.15. The number of benzene rings is 1. The predicted octanol–water partition coefficient (Wildman–Crippen LogP) is 1.98. The Kier molecular flexibility index (Phi) is 4.48. The molecule has 1 heterocycles. The smallest absolute Gasteiger partial charge is 0.422 e. The van der Waals surface area contributed by atoms with Crippen LogP contribution in [0.5, 0.6) is 5.75 Å². The lowest BCUT2D eigenvalue weighted by Crippen LogP contribution is -2.51. The third kappa shape index (κ3) is 4.15. The maximum atomic E-state index is 12.2. The van der Waals surface area contributed by atoms with E-state index in [0.29, 0.717) is 5.56 Å². The molecule has 124 valence electrons. The van der Waals surface area contributed by atoms with Gasteiger partial charge in [0.1, 0.15) is 11.7 Å². The third-order valence-electron chi connectivity index (χ3n) is 3.15. The van der Waals surface area contributed by atoms with Crippen LogP contribution in [0.15, 0.2) is 36.5 Å². The Morgan fingerprint density at radius 3 is 2.48 bits per heavy atom. The fourth-order valence-electron chi connectivity index (χ4n) is 2.16. The Hall–Kier alpha value is -2.71. The summed E-state index contributed by atoms with van der Waals surface area (Å²) in [6.45, 7) is 1.77. The summed E-state index contributed by atoms with van der Waals surface area (Å²) < 4.78 is 40.8. The SMILES string of the molecule is C=C1NC(=O)NC(c2ccc(O)cc2)C1C(=O)OCC(F)(F)F. The van der Waals surface area contributed by atoms with E-state index in [1.165, 1.54) is 24.3 Å². The van der Waals surface area contributed by atoms with Crippen molar-refractivity contribution in [3.8, 4) is 5.75 Å². The van der Waals surface area contributed by atoms with Gasteiger partial charge in [0.15, 0.2) is 6.61 Å². The molecule has 2 atom stereocenters. The molecule has 1 fully saturated rings. The number of rotatable bonds is 3. The van der Waals surface area contributed by atoms with Gasteiger partial charge >= 0.3 is 18.2 Å². The monoisotopic (exact) mass is 330 g/mol. The number of urea groups is 1. The summed E-state index contributed by atoms with van der Waals surface area (Å²) in [6.07, 6.45) is -4.66. The summed E-state index contributed by atoms with van der Waals surface area (Å²) in [5.74, 6) is -2.44. The van der Waals surface area contributed by atoms with Crippen molar-refractivity contribution in [1.29, 1.82) is 0 Å². The van der Waals surface area contributed by atoms with Crippen LogP contribution >= 0.6 is 0 Å². The van der Waals surface area contributed by atoms with Crippen LogP contribution in [-0.2, 0) is 9.53 Å². The van der Waals surface area contributed by atoms with Gasteiger partial charge < -0.3 is 20.5 Å². The Bertz CT molecular complexity index is 628. The van der Waals surface area contributed by atoms with Crippen molar-refractivity contribution in [3.05, 3.63) is 42.1 Å². The minimum absolute atomic E-state index is 0.0379. The summed E-state index contributed by atoms with van der Waals surface area (Å²) in [7, 11) is 0. The second-order valence-corrected chi connectivity index (χ2v) is 4.89. The summed E-state index contributed by atoms with van der Waals surface area (Å²) in [5.41, 5.74) is 0.340. The van der Waals surface area contributed by atoms with E-state index < -0.39 is 36.7 Å². The first-order chi connectivity index (χ1) is 10.7. The molecular weight excluding hydrogens is 317 g/mol. The molecule has 1 saturated heterocycles. The van der Waals surface area contributed by atoms with Gasteiger partial charge in [0.2, 0.25) is 0 Å². The number of esters is 1. The van der Waals surface area contributed by atoms with Gasteiger partial charge in [-0.1, -0.05) is 18.7 Å².